The third kappa shape index (κ3) is 1.94. The van der Waals surface area contributed by atoms with E-state index in [1.165, 1.54) is 4.90 Å². The van der Waals surface area contributed by atoms with Gasteiger partial charge in [0.25, 0.3) is 0 Å². The predicted molar refractivity (Wildman–Crippen MR) is 73.3 cm³/mol. The van der Waals surface area contributed by atoms with E-state index in [1.807, 2.05) is 12.3 Å². The summed E-state index contributed by atoms with van der Waals surface area (Å²) in [5.74, 6) is 0. The van der Waals surface area contributed by atoms with E-state index in [9.17, 15) is 0 Å². The van der Waals surface area contributed by atoms with Gasteiger partial charge in [0.2, 0.25) is 0 Å². The van der Waals surface area contributed by atoms with Crippen LogP contribution in [0.5, 0.6) is 0 Å². The summed E-state index contributed by atoms with van der Waals surface area (Å²) in [7, 11) is 0. The van der Waals surface area contributed by atoms with Crippen LogP contribution < -0.4 is 0 Å². The number of rotatable bonds is 2. The number of hydrogen-bond acceptors (Lipinski definition) is 2. The van der Waals surface area contributed by atoms with Crippen LogP contribution in [0.15, 0.2) is 53.6 Å². The molecule has 1 aromatic carbocycles. The van der Waals surface area contributed by atoms with E-state index in [4.69, 9.17) is 0 Å². The van der Waals surface area contributed by atoms with E-state index in [0.29, 0.717) is 0 Å². The highest BCUT2D eigenvalue weighted by Crippen LogP contribution is 2.23. The lowest BCUT2D eigenvalue weighted by molar-refractivity contribution is 1.32. The molecule has 1 N–H and O–H groups in total. The lowest BCUT2D eigenvalue weighted by Crippen LogP contribution is -1.84. The lowest BCUT2D eigenvalue weighted by atomic mass is 10.1. The summed E-state index contributed by atoms with van der Waals surface area (Å²) in [6, 6.07) is 14.7. The Kier molecular flexibility index (Phi) is 2.61. The molecule has 0 unspecified atom stereocenters. The Bertz CT molecular complexity index is 641. The van der Waals surface area contributed by atoms with Crippen molar-refractivity contribution in [1.82, 2.24) is 9.97 Å². The van der Waals surface area contributed by atoms with Crippen molar-refractivity contribution in [1.29, 1.82) is 0 Å². The molecule has 0 spiro atoms. The third-order valence-electron chi connectivity index (χ3n) is 2.80. The van der Waals surface area contributed by atoms with Crippen LogP contribution in [0.1, 0.15) is 0 Å². The first-order valence-corrected chi connectivity index (χ1v) is 6.68. The highest BCUT2D eigenvalue weighted by atomic mass is 32.2. The van der Waals surface area contributed by atoms with Gasteiger partial charge in [0.1, 0.15) is 5.65 Å². The smallest absolute Gasteiger partial charge is 0.137 e. The van der Waals surface area contributed by atoms with Crippen LogP contribution in [0.25, 0.3) is 22.3 Å². The molecule has 0 radical (unpaired) electrons. The SMILES string of the molecule is CSc1ccc(-c2ccc3cc[nH]c3n2)cc1. The molecule has 0 bridgehead atoms. The quantitative estimate of drug-likeness (QED) is 0.687. The van der Waals surface area contributed by atoms with E-state index in [-0.39, 0.29) is 0 Å². The Hall–Kier alpha value is -1.74. The number of thioether (sulfide) groups is 1. The molecule has 2 nitrogen and oxygen atoms in total. The molecule has 0 saturated carbocycles. The third-order valence-corrected chi connectivity index (χ3v) is 3.54. The van der Waals surface area contributed by atoms with Gasteiger partial charge in [0.05, 0.1) is 5.69 Å². The van der Waals surface area contributed by atoms with E-state index in [1.54, 1.807) is 11.8 Å². The van der Waals surface area contributed by atoms with Crippen molar-refractivity contribution in [3.05, 3.63) is 48.7 Å². The van der Waals surface area contributed by atoms with Crippen molar-refractivity contribution in [2.24, 2.45) is 0 Å². The zero-order valence-corrected chi connectivity index (χ0v) is 10.3. The van der Waals surface area contributed by atoms with Crippen molar-refractivity contribution in [3.8, 4) is 11.3 Å². The largest absolute Gasteiger partial charge is 0.346 e. The van der Waals surface area contributed by atoms with E-state index in [0.717, 1.165) is 22.3 Å². The van der Waals surface area contributed by atoms with Crippen LogP contribution in [-0.2, 0) is 0 Å². The first kappa shape index (κ1) is 10.4. The Morgan fingerprint density at radius 2 is 1.82 bits per heavy atom. The summed E-state index contributed by atoms with van der Waals surface area (Å²) in [5, 5.41) is 1.15. The molecule has 2 aromatic heterocycles. The summed E-state index contributed by atoms with van der Waals surface area (Å²) in [6.07, 6.45) is 4.00. The normalized spacial score (nSPS) is 10.9. The maximum Gasteiger partial charge on any atom is 0.137 e. The summed E-state index contributed by atoms with van der Waals surface area (Å²) in [5.41, 5.74) is 3.10. The predicted octanol–water partition coefficient (Wildman–Crippen LogP) is 3.95. The summed E-state index contributed by atoms with van der Waals surface area (Å²) in [6.45, 7) is 0. The monoisotopic (exact) mass is 240 g/mol. The molecule has 0 amide bonds. The van der Waals surface area contributed by atoms with Crippen LogP contribution in [-0.4, -0.2) is 16.2 Å². The van der Waals surface area contributed by atoms with Crippen molar-refractivity contribution in [2.75, 3.05) is 6.26 Å². The van der Waals surface area contributed by atoms with Gasteiger partial charge in [-0.15, -0.1) is 11.8 Å². The maximum atomic E-state index is 4.60. The van der Waals surface area contributed by atoms with Gasteiger partial charge in [-0.05, 0) is 36.6 Å². The number of pyridine rings is 1. The minimum atomic E-state index is 0.941. The fourth-order valence-electron chi connectivity index (χ4n) is 1.85. The second-order valence-corrected chi connectivity index (χ2v) is 4.72. The first-order chi connectivity index (χ1) is 8.36. The maximum absolute atomic E-state index is 4.60. The summed E-state index contributed by atoms with van der Waals surface area (Å²) in [4.78, 5) is 9.01. The Morgan fingerprint density at radius 1 is 1.00 bits per heavy atom. The standard InChI is InChI=1S/C14H12N2S/c1-17-12-5-2-10(3-6-12)13-7-4-11-8-9-15-14(11)16-13/h2-9H,1H3,(H,15,16). The molecule has 3 aromatic rings. The van der Waals surface area contributed by atoms with E-state index >= 15 is 0 Å². The van der Waals surface area contributed by atoms with E-state index in [2.05, 4.69) is 52.6 Å². The van der Waals surface area contributed by atoms with Crippen molar-refractivity contribution < 1.29 is 0 Å². The van der Waals surface area contributed by atoms with Crippen molar-refractivity contribution in [3.63, 3.8) is 0 Å². The second kappa shape index (κ2) is 4.26. The zero-order chi connectivity index (χ0) is 11.7. The fraction of sp³-hybridized carbons (Fsp3) is 0.0714. The number of benzene rings is 1. The second-order valence-electron chi connectivity index (χ2n) is 3.84. The first-order valence-electron chi connectivity index (χ1n) is 5.45. The molecule has 0 atom stereocenters. The Balaban J connectivity index is 2.06. The van der Waals surface area contributed by atoms with Gasteiger partial charge in [-0.3, -0.25) is 0 Å². The van der Waals surface area contributed by atoms with Crippen molar-refractivity contribution in [2.45, 2.75) is 4.90 Å². The van der Waals surface area contributed by atoms with Gasteiger partial charge >= 0.3 is 0 Å². The lowest BCUT2D eigenvalue weighted by Gasteiger charge is -2.02. The molecule has 3 rings (SSSR count). The molecule has 0 saturated heterocycles. The highest BCUT2D eigenvalue weighted by Gasteiger charge is 2.01. The molecular weight excluding hydrogens is 228 g/mol. The van der Waals surface area contributed by atoms with Gasteiger partial charge in [0.15, 0.2) is 0 Å². The minimum Gasteiger partial charge on any atom is -0.346 e. The number of H-pyrrole nitrogens is 1. The van der Waals surface area contributed by atoms with Crippen LogP contribution in [0, 0.1) is 0 Å². The van der Waals surface area contributed by atoms with Crippen molar-refractivity contribution >= 4 is 22.8 Å². The molecule has 0 aliphatic rings. The minimum absolute atomic E-state index is 0.941. The molecule has 0 aliphatic carbocycles. The number of nitrogens with zero attached hydrogens (tertiary/aromatic N) is 1. The van der Waals surface area contributed by atoms with E-state index < -0.39 is 0 Å². The van der Waals surface area contributed by atoms with Gasteiger partial charge in [-0.2, -0.15) is 0 Å². The van der Waals surface area contributed by atoms with Gasteiger partial charge in [-0.25, -0.2) is 4.98 Å². The van der Waals surface area contributed by atoms with Gasteiger partial charge in [0, 0.05) is 22.0 Å². The number of hydrogen-bond donors (Lipinski definition) is 1. The molecule has 84 valence electrons. The molecule has 3 heteroatoms. The average molecular weight is 240 g/mol. The fourth-order valence-corrected chi connectivity index (χ4v) is 2.26. The average Bonchev–Trinajstić information content (AvgIpc) is 2.86. The van der Waals surface area contributed by atoms with Gasteiger partial charge in [-0.1, -0.05) is 12.1 Å². The molecule has 2 heterocycles. The molecule has 0 fully saturated rings. The molecule has 0 aliphatic heterocycles. The number of aromatic amines is 1. The topological polar surface area (TPSA) is 28.7 Å². The summed E-state index contributed by atoms with van der Waals surface area (Å²) >= 11 is 1.75. The number of aromatic nitrogens is 2. The zero-order valence-electron chi connectivity index (χ0n) is 9.47. The molecular formula is C14H12N2S. The Labute approximate surface area is 104 Å². The van der Waals surface area contributed by atoms with Crippen LogP contribution in [0.2, 0.25) is 0 Å². The van der Waals surface area contributed by atoms with Crippen LogP contribution in [0.4, 0.5) is 0 Å². The number of fused-ring (bicyclic) bond motifs is 1. The van der Waals surface area contributed by atoms with Crippen LogP contribution in [0.3, 0.4) is 0 Å². The highest BCUT2D eigenvalue weighted by molar-refractivity contribution is 7.98. The Morgan fingerprint density at radius 3 is 2.59 bits per heavy atom. The summed E-state index contributed by atoms with van der Waals surface area (Å²) < 4.78 is 0. The molecule has 17 heavy (non-hydrogen) atoms. The van der Waals surface area contributed by atoms with Gasteiger partial charge < -0.3 is 4.98 Å². The number of nitrogens with one attached hydrogen (secondary N) is 1. The van der Waals surface area contributed by atoms with Crippen LogP contribution >= 0.6 is 11.8 Å².